The molecule has 1 unspecified atom stereocenters. The molecule has 4 nitrogen and oxygen atoms in total. The van der Waals surface area contributed by atoms with Crippen molar-refractivity contribution in [2.75, 3.05) is 6.54 Å². The van der Waals surface area contributed by atoms with Gasteiger partial charge in [-0.15, -0.1) is 0 Å². The molecule has 1 aliphatic heterocycles. The number of aromatic nitrogens is 3. The predicted octanol–water partition coefficient (Wildman–Crippen LogP) is 1.75. The van der Waals surface area contributed by atoms with Gasteiger partial charge in [-0.05, 0) is 38.4 Å². The molecule has 2 aromatic rings. The van der Waals surface area contributed by atoms with Gasteiger partial charge >= 0.3 is 0 Å². The molecule has 0 spiro atoms. The number of nitrogens with one attached hydrogen (secondary N) is 1. The normalized spacial score (nSPS) is 20.2. The monoisotopic (exact) mass is 230 g/mol. The largest absolute Gasteiger partial charge is 0.314 e. The van der Waals surface area contributed by atoms with Crippen LogP contribution >= 0.6 is 0 Å². The van der Waals surface area contributed by atoms with Crippen LogP contribution in [0.5, 0.6) is 0 Å². The smallest absolute Gasteiger partial charge is 0.159 e. The molecule has 1 fully saturated rings. The Labute approximate surface area is 101 Å². The molecule has 0 saturated carbocycles. The lowest BCUT2D eigenvalue weighted by Crippen LogP contribution is -2.25. The van der Waals surface area contributed by atoms with E-state index in [-0.39, 0.29) is 0 Å². The van der Waals surface area contributed by atoms with E-state index in [0.717, 1.165) is 30.7 Å². The van der Waals surface area contributed by atoms with Gasteiger partial charge in [-0.25, -0.2) is 9.97 Å². The number of nitrogens with zero attached hydrogens (tertiary/aromatic N) is 3. The number of pyridine rings is 1. The zero-order valence-electron chi connectivity index (χ0n) is 10.2. The zero-order valence-corrected chi connectivity index (χ0v) is 10.2. The Bertz CT molecular complexity index is 511. The van der Waals surface area contributed by atoms with Crippen LogP contribution in [0.4, 0.5) is 0 Å². The van der Waals surface area contributed by atoms with Crippen molar-refractivity contribution in [2.24, 2.45) is 0 Å². The van der Waals surface area contributed by atoms with Gasteiger partial charge in [0.25, 0.3) is 0 Å². The second-order valence-corrected chi connectivity index (χ2v) is 4.62. The summed E-state index contributed by atoms with van der Waals surface area (Å²) in [5.41, 5.74) is 2.03. The zero-order chi connectivity index (χ0) is 11.7. The summed E-state index contributed by atoms with van der Waals surface area (Å²) in [6.07, 6.45) is 5.41. The third-order valence-corrected chi connectivity index (χ3v) is 3.49. The second-order valence-electron chi connectivity index (χ2n) is 4.62. The summed E-state index contributed by atoms with van der Waals surface area (Å²) in [5.74, 6) is 1.17. The van der Waals surface area contributed by atoms with Crippen LogP contribution in [0.15, 0.2) is 18.3 Å². The Morgan fingerprint density at radius 2 is 2.47 bits per heavy atom. The lowest BCUT2D eigenvalue weighted by molar-refractivity contribution is 0.564. The molecular weight excluding hydrogens is 212 g/mol. The van der Waals surface area contributed by atoms with E-state index >= 15 is 0 Å². The first-order valence-corrected chi connectivity index (χ1v) is 6.42. The minimum absolute atomic E-state index is 0.595. The summed E-state index contributed by atoms with van der Waals surface area (Å²) in [6, 6.07) is 4.59. The topological polar surface area (TPSA) is 42.7 Å². The average molecular weight is 230 g/mol. The van der Waals surface area contributed by atoms with Crippen LogP contribution in [-0.4, -0.2) is 27.1 Å². The van der Waals surface area contributed by atoms with E-state index in [1.807, 2.05) is 18.3 Å². The molecule has 4 heteroatoms. The number of aryl methyl sites for hydroxylation is 1. The van der Waals surface area contributed by atoms with Crippen LogP contribution in [0.2, 0.25) is 0 Å². The highest BCUT2D eigenvalue weighted by Crippen LogP contribution is 2.17. The molecule has 17 heavy (non-hydrogen) atoms. The first kappa shape index (κ1) is 10.7. The van der Waals surface area contributed by atoms with E-state index in [2.05, 4.69) is 21.8 Å². The van der Waals surface area contributed by atoms with Crippen LogP contribution < -0.4 is 5.32 Å². The molecule has 1 saturated heterocycles. The molecule has 1 N–H and O–H groups in total. The van der Waals surface area contributed by atoms with Crippen LogP contribution in [-0.2, 0) is 13.0 Å². The van der Waals surface area contributed by atoms with Crippen molar-refractivity contribution in [3.8, 4) is 0 Å². The number of rotatable bonds is 3. The summed E-state index contributed by atoms with van der Waals surface area (Å²) < 4.78 is 2.23. The molecule has 0 bridgehead atoms. The minimum Gasteiger partial charge on any atom is -0.314 e. The quantitative estimate of drug-likeness (QED) is 0.873. The number of hydrogen-bond acceptors (Lipinski definition) is 3. The third kappa shape index (κ3) is 1.93. The number of imidazole rings is 1. The SMILES string of the molecule is CCn1c(CC2CCCN2)nc2cccnc21. The van der Waals surface area contributed by atoms with Gasteiger partial charge in [0.05, 0.1) is 0 Å². The van der Waals surface area contributed by atoms with E-state index < -0.39 is 0 Å². The van der Waals surface area contributed by atoms with Gasteiger partial charge in [0.2, 0.25) is 0 Å². The molecular formula is C13H18N4. The highest BCUT2D eigenvalue weighted by Gasteiger charge is 2.18. The molecule has 1 aliphatic rings. The van der Waals surface area contributed by atoms with Crippen LogP contribution in [0.1, 0.15) is 25.6 Å². The van der Waals surface area contributed by atoms with Crippen LogP contribution in [0.25, 0.3) is 11.2 Å². The molecule has 2 aromatic heterocycles. The predicted molar refractivity (Wildman–Crippen MR) is 67.9 cm³/mol. The summed E-state index contributed by atoms with van der Waals surface area (Å²) in [6.45, 7) is 4.24. The molecule has 0 aromatic carbocycles. The van der Waals surface area contributed by atoms with Crippen LogP contribution in [0.3, 0.4) is 0 Å². The molecule has 3 heterocycles. The maximum absolute atomic E-state index is 4.71. The maximum atomic E-state index is 4.71. The average Bonchev–Trinajstić information content (AvgIpc) is 2.96. The van der Waals surface area contributed by atoms with Crippen molar-refractivity contribution < 1.29 is 0 Å². The molecule has 3 rings (SSSR count). The van der Waals surface area contributed by atoms with Gasteiger partial charge < -0.3 is 9.88 Å². The number of hydrogen-bond donors (Lipinski definition) is 1. The first-order chi connectivity index (χ1) is 8.38. The van der Waals surface area contributed by atoms with Gasteiger partial charge in [0, 0.05) is 25.2 Å². The minimum atomic E-state index is 0.595. The van der Waals surface area contributed by atoms with Gasteiger partial charge in [0.1, 0.15) is 11.3 Å². The second kappa shape index (κ2) is 4.45. The van der Waals surface area contributed by atoms with E-state index in [1.54, 1.807) is 0 Å². The van der Waals surface area contributed by atoms with Crippen molar-refractivity contribution >= 4 is 11.2 Å². The fraction of sp³-hybridized carbons (Fsp3) is 0.538. The van der Waals surface area contributed by atoms with Gasteiger partial charge in [-0.1, -0.05) is 0 Å². The molecule has 0 radical (unpaired) electrons. The summed E-state index contributed by atoms with van der Waals surface area (Å²) in [5, 5.41) is 3.53. The highest BCUT2D eigenvalue weighted by atomic mass is 15.1. The van der Waals surface area contributed by atoms with Crippen molar-refractivity contribution in [1.82, 2.24) is 19.9 Å². The highest BCUT2D eigenvalue weighted by molar-refractivity contribution is 5.71. The Morgan fingerprint density at radius 1 is 1.53 bits per heavy atom. The Balaban J connectivity index is 1.96. The Morgan fingerprint density at radius 3 is 3.24 bits per heavy atom. The van der Waals surface area contributed by atoms with Gasteiger partial charge in [-0.2, -0.15) is 0 Å². The summed E-state index contributed by atoms with van der Waals surface area (Å²) in [4.78, 5) is 9.13. The van der Waals surface area contributed by atoms with Crippen molar-refractivity contribution in [3.05, 3.63) is 24.2 Å². The van der Waals surface area contributed by atoms with Crippen molar-refractivity contribution in [2.45, 2.75) is 38.8 Å². The molecule has 0 amide bonds. The lowest BCUT2D eigenvalue weighted by atomic mass is 10.1. The molecule has 90 valence electrons. The lowest BCUT2D eigenvalue weighted by Gasteiger charge is -2.10. The van der Waals surface area contributed by atoms with Crippen LogP contribution in [0, 0.1) is 0 Å². The van der Waals surface area contributed by atoms with E-state index in [9.17, 15) is 0 Å². The number of fused-ring (bicyclic) bond motifs is 1. The van der Waals surface area contributed by atoms with Gasteiger partial charge in [-0.3, -0.25) is 0 Å². The summed E-state index contributed by atoms with van der Waals surface area (Å²) in [7, 11) is 0. The first-order valence-electron chi connectivity index (χ1n) is 6.42. The van der Waals surface area contributed by atoms with E-state index in [0.29, 0.717) is 6.04 Å². The molecule has 0 aliphatic carbocycles. The standard InChI is InChI=1S/C13H18N4/c1-2-17-12(9-10-5-3-7-14-10)16-11-6-4-8-15-13(11)17/h4,6,8,10,14H,2-3,5,7,9H2,1H3. The van der Waals surface area contributed by atoms with E-state index in [1.165, 1.54) is 18.7 Å². The molecule has 1 atom stereocenters. The van der Waals surface area contributed by atoms with E-state index in [4.69, 9.17) is 4.98 Å². The van der Waals surface area contributed by atoms with Crippen molar-refractivity contribution in [1.29, 1.82) is 0 Å². The van der Waals surface area contributed by atoms with Crippen molar-refractivity contribution in [3.63, 3.8) is 0 Å². The third-order valence-electron chi connectivity index (χ3n) is 3.49. The fourth-order valence-corrected chi connectivity index (χ4v) is 2.64. The maximum Gasteiger partial charge on any atom is 0.159 e. The Kier molecular flexibility index (Phi) is 2.81. The summed E-state index contributed by atoms with van der Waals surface area (Å²) >= 11 is 0. The van der Waals surface area contributed by atoms with Gasteiger partial charge in [0.15, 0.2) is 5.65 Å². The fourth-order valence-electron chi connectivity index (χ4n) is 2.64. The Hall–Kier alpha value is -1.42.